The Hall–Kier alpha value is 0.444. The molecule has 1 aliphatic rings. The summed E-state index contributed by atoms with van der Waals surface area (Å²) in [6, 6.07) is 0. The van der Waals surface area contributed by atoms with E-state index in [1.54, 1.807) is 0 Å². The van der Waals surface area contributed by atoms with E-state index in [9.17, 15) is 0 Å². The third-order valence-corrected chi connectivity index (χ3v) is 1.86. The SMILES string of the molecule is CCCCC1=[C-]C(C)=CC1.[Cl-].[Cl-].[O]=[V+2]. The van der Waals surface area contributed by atoms with Crippen LogP contribution < -0.4 is 24.8 Å². The zero-order chi connectivity index (χ0) is 9.40. The molecule has 81 valence electrons. The Balaban J connectivity index is -0.000000284. The van der Waals surface area contributed by atoms with E-state index in [0.29, 0.717) is 0 Å². The first-order valence-corrected chi connectivity index (χ1v) is 4.86. The van der Waals surface area contributed by atoms with Crippen LogP contribution in [0.3, 0.4) is 0 Å². The van der Waals surface area contributed by atoms with Gasteiger partial charge >= 0.3 is 21.0 Å². The molecule has 0 spiro atoms. The number of unbranched alkanes of at least 4 members (excludes halogenated alkanes) is 1. The molecule has 0 atom stereocenters. The number of rotatable bonds is 3. The Morgan fingerprint density at radius 1 is 1.43 bits per heavy atom. The normalized spacial score (nSPS) is 12.6. The van der Waals surface area contributed by atoms with Crippen LogP contribution in [0, 0.1) is 6.08 Å². The van der Waals surface area contributed by atoms with E-state index < -0.39 is 0 Å². The van der Waals surface area contributed by atoms with Crippen molar-refractivity contribution in [3.63, 3.8) is 0 Å². The van der Waals surface area contributed by atoms with E-state index in [1.807, 2.05) is 0 Å². The molecule has 14 heavy (non-hydrogen) atoms. The molecule has 0 aliphatic heterocycles. The van der Waals surface area contributed by atoms with Crippen molar-refractivity contribution in [2.45, 2.75) is 39.5 Å². The minimum atomic E-state index is 0. The van der Waals surface area contributed by atoms with Crippen LogP contribution in [-0.4, -0.2) is 0 Å². The van der Waals surface area contributed by atoms with Crippen molar-refractivity contribution in [2.75, 3.05) is 0 Å². The summed E-state index contributed by atoms with van der Waals surface area (Å²) in [5.41, 5.74) is 2.82. The molecule has 0 radical (unpaired) electrons. The second-order valence-corrected chi connectivity index (χ2v) is 2.92. The topological polar surface area (TPSA) is 17.1 Å². The molecule has 0 saturated carbocycles. The summed E-state index contributed by atoms with van der Waals surface area (Å²) in [7, 11) is 0. The Kier molecular flexibility index (Phi) is 19.1. The van der Waals surface area contributed by atoms with Gasteiger partial charge in [0.1, 0.15) is 0 Å². The van der Waals surface area contributed by atoms with Gasteiger partial charge in [-0.25, -0.2) is 17.7 Å². The van der Waals surface area contributed by atoms with Crippen LogP contribution in [0.4, 0.5) is 0 Å². The Labute approximate surface area is 108 Å². The van der Waals surface area contributed by atoms with Crippen molar-refractivity contribution >= 4 is 0 Å². The zero-order valence-corrected chi connectivity index (χ0v) is 11.4. The molecular weight excluding hydrogens is 258 g/mol. The predicted molar refractivity (Wildman–Crippen MR) is 45.3 cm³/mol. The van der Waals surface area contributed by atoms with Gasteiger partial charge in [0.05, 0.1) is 0 Å². The summed E-state index contributed by atoms with van der Waals surface area (Å²) in [5, 5.41) is 0. The van der Waals surface area contributed by atoms with Crippen LogP contribution in [0.15, 0.2) is 17.2 Å². The van der Waals surface area contributed by atoms with E-state index in [1.165, 1.54) is 30.4 Å². The van der Waals surface area contributed by atoms with Gasteiger partial charge in [0.2, 0.25) is 0 Å². The van der Waals surface area contributed by atoms with Gasteiger partial charge < -0.3 is 24.8 Å². The first-order chi connectivity index (χ1) is 5.83. The van der Waals surface area contributed by atoms with Gasteiger partial charge in [-0.3, -0.25) is 0 Å². The Morgan fingerprint density at radius 3 is 2.36 bits per heavy atom. The first-order valence-electron chi connectivity index (χ1n) is 4.29. The molecule has 0 amide bonds. The molecule has 1 rings (SSSR count). The maximum atomic E-state index is 8.19. The van der Waals surface area contributed by atoms with Crippen molar-refractivity contribution < 1.29 is 45.9 Å². The molecule has 0 heterocycles. The first kappa shape index (κ1) is 19.9. The number of halogens is 2. The molecule has 0 aromatic carbocycles. The summed E-state index contributed by atoms with van der Waals surface area (Å²) < 4.78 is 8.19. The summed E-state index contributed by atoms with van der Waals surface area (Å²) in [6.07, 6.45) is 10.7. The van der Waals surface area contributed by atoms with E-state index in [0.717, 1.165) is 23.8 Å². The number of hydrogen-bond donors (Lipinski definition) is 0. The molecule has 0 saturated heterocycles. The van der Waals surface area contributed by atoms with Gasteiger partial charge in [-0.2, -0.15) is 5.57 Å². The van der Waals surface area contributed by atoms with Crippen LogP contribution in [0.2, 0.25) is 0 Å². The van der Waals surface area contributed by atoms with Gasteiger partial charge in [0.15, 0.2) is 0 Å². The van der Waals surface area contributed by atoms with E-state index in [2.05, 4.69) is 26.0 Å². The van der Waals surface area contributed by atoms with Gasteiger partial charge in [-0.05, 0) is 0 Å². The van der Waals surface area contributed by atoms with E-state index >= 15 is 0 Å². The van der Waals surface area contributed by atoms with Crippen molar-refractivity contribution in [2.24, 2.45) is 0 Å². The number of allylic oxidation sites excluding steroid dienone is 4. The Bertz CT molecular complexity index is 191. The second kappa shape index (κ2) is 13.4. The second-order valence-electron chi connectivity index (χ2n) is 2.92. The van der Waals surface area contributed by atoms with Gasteiger partial charge in [-0.15, -0.1) is 0 Å². The van der Waals surface area contributed by atoms with Crippen molar-refractivity contribution in [3.8, 4) is 0 Å². The molecule has 0 N–H and O–H groups in total. The monoisotopic (exact) mass is 272 g/mol. The standard InChI is InChI=1S/C10H15.2ClH.O.V/c1-3-4-5-10-7-6-9(2)8-10;;;;/h6H,3-5,7H2,1-2H3;2*1H;;/q-1;;;;+2/p-2. The fourth-order valence-electron chi connectivity index (χ4n) is 1.21. The number of hydrogen-bond acceptors (Lipinski definition) is 1. The summed E-state index contributed by atoms with van der Waals surface area (Å²) >= 11 is 1.06. The van der Waals surface area contributed by atoms with Crippen LogP contribution in [-0.2, 0) is 21.0 Å². The molecule has 1 nitrogen and oxygen atoms in total. The fourth-order valence-corrected chi connectivity index (χ4v) is 1.21. The zero-order valence-electron chi connectivity index (χ0n) is 8.52. The third kappa shape index (κ3) is 9.02. The summed E-state index contributed by atoms with van der Waals surface area (Å²) in [5.74, 6) is 0. The average molecular weight is 273 g/mol. The van der Waals surface area contributed by atoms with Crippen molar-refractivity contribution in [1.82, 2.24) is 0 Å². The summed E-state index contributed by atoms with van der Waals surface area (Å²) in [4.78, 5) is 0. The van der Waals surface area contributed by atoms with Crippen LogP contribution in [0.5, 0.6) is 0 Å². The van der Waals surface area contributed by atoms with E-state index in [-0.39, 0.29) is 24.8 Å². The minimum absolute atomic E-state index is 0. The van der Waals surface area contributed by atoms with Gasteiger partial charge in [-0.1, -0.05) is 39.5 Å². The molecule has 1 aliphatic carbocycles. The molecule has 0 fully saturated rings. The molecule has 4 heteroatoms. The molecule has 0 aromatic rings. The van der Waals surface area contributed by atoms with E-state index in [4.69, 9.17) is 3.67 Å². The summed E-state index contributed by atoms with van der Waals surface area (Å²) in [6.45, 7) is 4.36. The fraction of sp³-hybridized carbons (Fsp3) is 0.600. The quantitative estimate of drug-likeness (QED) is 0.506. The van der Waals surface area contributed by atoms with Crippen LogP contribution in [0.25, 0.3) is 0 Å². The van der Waals surface area contributed by atoms with Gasteiger partial charge in [0.25, 0.3) is 0 Å². The Morgan fingerprint density at radius 2 is 2.00 bits per heavy atom. The molecule has 0 unspecified atom stereocenters. The third-order valence-electron chi connectivity index (χ3n) is 1.86. The van der Waals surface area contributed by atoms with Crippen molar-refractivity contribution in [1.29, 1.82) is 0 Å². The van der Waals surface area contributed by atoms with Gasteiger partial charge in [0, 0.05) is 0 Å². The predicted octanol–water partition coefficient (Wildman–Crippen LogP) is -2.86. The van der Waals surface area contributed by atoms with Crippen LogP contribution >= 0.6 is 0 Å². The molecule has 0 aromatic heterocycles. The maximum absolute atomic E-state index is 8.19. The van der Waals surface area contributed by atoms with Crippen molar-refractivity contribution in [3.05, 3.63) is 23.3 Å². The van der Waals surface area contributed by atoms with Crippen LogP contribution in [0.1, 0.15) is 39.5 Å². The molecular formula is C10H15Cl2OV-. The molecule has 0 bridgehead atoms. The average Bonchev–Trinajstić information content (AvgIpc) is 2.51.